The molecule has 0 aromatic heterocycles. The summed E-state index contributed by atoms with van der Waals surface area (Å²) in [5, 5.41) is 15.3. The molecule has 23 heavy (non-hydrogen) atoms. The molecule has 1 aliphatic rings. The summed E-state index contributed by atoms with van der Waals surface area (Å²) in [5.41, 5.74) is 1.04. The maximum atomic E-state index is 11.8. The van der Waals surface area contributed by atoms with E-state index < -0.39 is 6.10 Å². The average Bonchev–Trinajstić information content (AvgIpc) is 2.54. The zero-order chi connectivity index (χ0) is 16.5. The molecule has 126 valence electrons. The van der Waals surface area contributed by atoms with Gasteiger partial charge in [0.05, 0.1) is 19.3 Å². The van der Waals surface area contributed by atoms with Gasteiger partial charge in [-0.05, 0) is 18.4 Å². The Labute approximate surface area is 136 Å². The number of ether oxygens (including phenoxy) is 1. The van der Waals surface area contributed by atoms with E-state index in [0.717, 1.165) is 18.4 Å². The van der Waals surface area contributed by atoms with Crippen molar-refractivity contribution in [1.82, 2.24) is 10.6 Å². The zero-order valence-electron chi connectivity index (χ0n) is 13.2. The molecule has 1 aromatic rings. The highest BCUT2D eigenvalue weighted by molar-refractivity contribution is 5.80. The van der Waals surface area contributed by atoms with Crippen molar-refractivity contribution in [1.29, 1.82) is 0 Å². The minimum absolute atomic E-state index is 0.00315. The van der Waals surface area contributed by atoms with Gasteiger partial charge in [0.1, 0.15) is 0 Å². The van der Waals surface area contributed by atoms with E-state index in [9.17, 15) is 14.7 Å². The molecule has 1 aromatic carbocycles. The molecule has 6 nitrogen and oxygen atoms in total. The van der Waals surface area contributed by atoms with Crippen molar-refractivity contribution in [3.8, 4) is 0 Å². The van der Waals surface area contributed by atoms with Crippen molar-refractivity contribution >= 4 is 11.8 Å². The first kappa shape index (κ1) is 17.4. The van der Waals surface area contributed by atoms with Crippen LogP contribution < -0.4 is 10.6 Å². The number of aliphatic hydroxyl groups excluding tert-OH is 1. The lowest BCUT2D eigenvalue weighted by Gasteiger charge is -2.22. The summed E-state index contributed by atoms with van der Waals surface area (Å²) in [7, 11) is 0. The minimum atomic E-state index is -0.747. The second-order valence-corrected chi connectivity index (χ2v) is 5.82. The summed E-state index contributed by atoms with van der Waals surface area (Å²) in [4.78, 5) is 23.1. The third-order valence-electron chi connectivity index (χ3n) is 3.71. The molecule has 2 rings (SSSR count). The number of amides is 2. The number of rotatable bonds is 8. The summed E-state index contributed by atoms with van der Waals surface area (Å²) in [5.74, 6) is -0.164. The van der Waals surface area contributed by atoms with Crippen LogP contribution in [0.5, 0.6) is 0 Å². The quantitative estimate of drug-likeness (QED) is 0.659. The Balaban J connectivity index is 1.57. The van der Waals surface area contributed by atoms with Gasteiger partial charge in [0.15, 0.2) is 0 Å². The fourth-order valence-corrected chi connectivity index (χ4v) is 2.51. The molecule has 1 heterocycles. The molecule has 3 N–H and O–H groups in total. The second-order valence-electron chi connectivity index (χ2n) is 5.82. The molecule has 0 bridgehead atoms. The summed E-state index contributed by atoms with van der Waals surface area (Å²) in [6.45, 7) is 0.740. The number of hydrogen-bond donors (Lipinski definition) is 3. The third kappa shape index (κ3) is 6.80. The molecule has 0 radical (unpaired) electrons. The van der Waals surface area contributed by atoms with Crippen LogP contribution in [0.2, 0.25) is 0 Å². The Kier molecular flexibility index (Phi) is 7.03. The molecule has 0 spiro atoms. The molecule has 2 unspecified atom stereocenters. The molecule has 0 aliphatic carbocycles. The van der Waals surface area contributed by atoms with Crippen LogP contribution in [0.1, 0.15) is 31.2 Å². The van der Waals surface area contributed by atoms with Crippen molar-refractivity contribution < 1.29 is 19.4 Å². The van der Waals surface area contributed by atoms with Crippen LogP contribution in [-0.2, 0) is 20.9 Å². The summed E-state index contributed by atoms with van der Waals surface area (Å²) in [6, 6.07) is 9.60. The highest BCUT2D eigenvalue weighted by atomic mass is 16.5. The number of carbonyl (C=O) groups excluding carboxylic acids is 2. The number of hydrogen-bond acceptors (Lipinski definition) is 4. The van der Waals surface area contributed by atoms with E-state index in [1.807, 2.05) is 30.3 Å². The van der Waals surface area contributed by atoms with Crippen LogP contribution in [-0.4, -0.2) is 42.2 Å². The molecular weight excluding hydrogens is 296 g/mol. The number of aliphatic hydroxyl groups is 1. The summed E-state index contributed by atoms with van der Waals surface area (Å²) in [6.07, 6.45) is 1.68. The van der Waals surface area contributed by atoms with Crippen LogP contribution in [0.25, 0.3) is 0 Å². The van der Waals surface area contributed by atoms with Crippen LogP contribution in [0.4, 0.5) is 0 Å². The van der Waals surface area contributed by atoms with Gasteiger partial charge in [0, 0.05) is 25.4 Å². The lowest BCUT2D eigenvalue weighted by Crippen LogP contribution is -2.43. The predicted octanol–water partition coefficient (Wildman–Crippen LogP) is 0.739. The van der Waals surface area contributed by atoms with Crippen molar-refractivity contribution in [2.24, 2.45) is 0 Å². The first-order valence-corrected chi connectivity index (χ1v) is 7.99. The Morgan fingerprint density at radius 2 is 2.17 bits per heavy atom. The second kappa shape index (κ2) is 9.27. The van der Waals surface area contributed by atoms with Crippen molar-refractivity contribution in [2.75, 3.05) is 13.2 Å². The van der Waals surface area contributed by atoms with Gasteiger partial charge in [-0.2, -0.15) is 0 Å². The SMILES string of the molecule is O=C(CC1CCCC(=O)N1)NCC(O)COCc1ccccc1. The Morgan fingerprint density at radius 3 is 2.91 bits per heavy atom. The first-order valence-electron chi connectivity index (χ1n) is 7.99. The molecule has 2 amide bonds. The number of carbonyl (C=O) groups is 2. The van der Waals surface area contributed by atoms with E-state index in [0.29, 0.717) is 13.0 Å². The van der Waals surface area contributed by atoms with Gasteiger partial charge in [-0.1, -0.05) is 30.3 Å². The normalized spacial score (nSPS) is 19.0. The maximum absolute atomic E-state index is 11.8. The molecule has 6 heteroatoms. The van der Waals surface area contributed by atoms with E-state index in [1.54, 1.807) is 0 Å². The van der Waals surface area contributed by atoms with Gasteiger partial charge in [0.25, 0.3) is 0 Å². The molecule has 1 saturated heterocycles. The lowest BCUT2D eigenvalue weighted by atomic mass is 10.0. The monoisotopic (exact) mass is 320 g/mol. The highest BCUT2D eigenvalue weighted by Gasteiger charge is 2.20. The maximum Gasteiger partial charge on any atom is 0.222 e. The van der Waals surface area contributed by atoms with E-state index >= 15 is 0 Å². The first-order chi connectivity index (χ1) is 11.1. The Bertz CT molecular complexity index is 507. The van der Waals surface area contributed by atoms with E-state index in [-0.39, 0.29) is 37.4 Å². The van der Waals surface area contributed by atoms with E-state index in [1.165, 1.54) is 0 Å². The minimum Gasteiger partial charge on any atom is -0.389 e. The standard InChI is InChI=1S/C17H24N2O4/c20-15(12-23-11-13-5-2-1-3-6-13)10-18-17(22)9-14-7-4-8-16(21)19-14/h1-3,5-6,14-15,20H,4,7-12H2,(H,18,22)(H,19,21). The zero-order valence-corrected chi connectivity index (χ0v) is 13.2. The Hall–Kier alpha value is -1.92. The number of nitrogens with one attached hydrogen (secondary N) is 2. The fraction of sp³-hybridized carbons (Fsp3) is 0.529. The number of benzene rings is 1. The predicted molar refractivity (Wildman–Crippen MR) is 85.5 cm³/mol. The topological polar surface area (TPSA) is 87.7 Å². The van der Waals surface area contributed by atoms with Crippen LogP contribution in [0, 0.1) is 0 Å². The van der Waals surface area contributed by atoms with Crippen molar-refractivity contribution in [3.05, 3.63) is 35.9 Å². The average molecular weight is 320 g/mol. The number of piperidine rings is 1. The highest BCUT2D eigenvalue weighted by Crippen LogP contribution is 2.10. The van der Waals surface area contributed by atoms with E-state index in [2.05, 4.69) is 10.6 Å². The third-order valence-corrected chi connectivity index (χ3v) is 3.71. The fourth-order valence-electron chi connectivity index (χ4n) is 2.51. The summed E-state index contributed by atoms with van der Waals surface area (Å²) < 4.78 is 5.42. The van der Waals surface area contributed by atoms with Crippen LogP contribution >= 0.6 is 0 Å². The lowest BCUT2D eigenvalue weighted by molar-refractivity contribution is -0.125. The van der Waals surface area contributed by atoms with Gasteiger partial charge in [-0.3, -0.25) is 9.59 Å². The largest absolute Gasteiger partial charge is 0.389 e. The molecule has 1 aliphatic heterocycles. The smallest absolute Gasteiger partial charge is 0.222 e. The molecule has 1 fully saturated rings. The van der Waals surface area contributed by atoms with Crippen molar-refractivity contribution in [3.63, 3.8) is 0 Å². The van der Waals surface area contributed by atoms with Gasteiger partial charge >= 0.3 is 0 Å². The van der Waals surface area contributed by atoms with Gasteiger partial charge < -0.3 is 20.5 Å². The summed E-state index contributed by atoms with van der Waals surface area (Å²) >= 11 is 0. The van der Waals surface area contributed by atoms with Crippen LogP contribution in [0.15, 0.2) is 30.3 Å². The Morgan fingerprint density at radius 1 is 1.39 bits per heavy atom. The van der Waals surface area contributed by atoms with E-state index in [4.69, 9.17) is 4.74 Å². The van der Waals surface area contributed by atoms with Crippen LogP contribution in [0.3, 0.4) is 0 Å². The molecule has 2 atom stereocenters. The van der Waals surface area contributed by atoms with Gasteiger partial charge in [-0.25, -0.2) is 0 Å². The molecular formula is C17H24N2O4. The van der Waals surface area contributed by atoms with Gasteiger partial charge in [0.2, 0.25) is 11.8 Å². The van der Waals surface area contributed by atoms with Crippen molar-refractivity contribution in [2.45, 2.75) is 44.4 Å². The molecule has 0 saturated carbocycles. The van der Waals surface area contributed by atoms with Gasteiger partial charge in [-0.15, -0.1) is 0 Å².